The zero-order valence-corrected chi connectivity index (χ0v) is 13.1. The number of nitrogens with zero attached hydrogens (tertiary/aromatic N) is 3. The molecule has 110 valence electrons. The molecule has 1 atom stereocenters. The molecule has 1 fully saturated rings. The van der Waals surface area contributed by atoms with Crippen molar-refractivity contribution in [1.29, 1.82) is 0 Å². The van der Waals surface area contributed by atoms with Crippen molar-refractivity contribution < 1.29 is 4.79 Å². The summed E-state index contributed by atoms with van der Waals surface area (Å²) in [6.07, 6.45) is 3.91. The monoisotopic (exact) mass is 301 g/mol. The largest absolute Gasteiger partial charge is 0.363 e. The summed E-state index contributed by atoms with van der Waals surface area (Å²) in [5.74, 6) is 1.07. The lowest BCUT2D eigenvalue weighted by molar-refractivity contribution is 0.0736. The third-order valence-electron chi connectivity index (χ3n) is 3.89. The van der Waals surface area contributed by atoms with E-state index in [-0.39, 0.29) is 11.9 Å². The van der Waals surface area contributed by atoms with Crippen LogP contribution in [0.2, 0.25) is 0 Å². The Balaban J connectivity index is 1.87. The van der Waals surface area contributed by atoms with Crippen LogP contribution in [-0.4, -0.2) is 36.4 Å². The lowest BCUT2D eigenvalue weighted by Gasteiger charge is -2.25. The van der Waals surface area contributed by atoms with Gasteiger partial charge in [0.25, 0.3) is 5.91 Å². The maximum Gasteiger partial charge on any atom is 0.255 e. The summed E-state index contributed by atoms with van der Waals surface area (Å²) in [4.78, 5) is 21.0. The second-order valence-electron chi connectivity index (χ2n) is 5.51. The fourth-order valence-electron chi connectivity index (χ4n) is 2.79. The number of rotatable bonds is 3. The molecule has 1 amide bonds. The Morgan fingerprint density at radius 1 is 1.43 bits per heavy atom. The molecule has 0 N–H and O–H groups in total. The van der Waals surface area contributed by atoms with Crippen molar-refractivity contribution in [3.63, 3.8) is 0 Å². The average molecular weight is 301 g/mol. The first-order valence-corrected chi connectivity index (χ1v) is 8.07. The van der Waals surface area contributed by atoms with Gasteiger partial charge >= 0.3 is 0 Å². The number of likely N-dealkylation sites (tertiary alicyclic amines) is 1. The number of aromatic nitrogens is 1. The molecule has 0 saturated carbocycles. The number of carbonyl (C=O) groups excluding carboxylic acids is 1. The predicted octanol–water partition coefficient (Wildman–Crippen LogP) is 3.19. The molecule has 0 bridgehead atoms. The van der Waals surface area contributed by atoms with Gasteiger partial charge in [0.1, 0.15) is 5.82 Å². The van der Waals surface area contributed by atoms with Crippen LogP contribution >= 0.6 is 11.3 Å². The van der Waals surface area contributed by atoms with Crippen LogP contribution in [-0.2, 0) is 0 Å². The molecule has 1 saturated heterocycles. The van der Waals surface area contributed by atoms with Gasteiger partial charge in [-0.3, -0.25) is 4.79 Å². The molecule has 0 radical (unpaired) electrons. The van der Waals surface area contributed by atoms with E-state index >= 15 is 0 Å². The van der Waals surface area contributed by atoms with E-state index in [9.17, 15) is 4.79 Å². The molecule has 1 aliphatic heterocycles. The van der Waals surface area contributed by atoms with Gasteiger partial charge < -0.3 is 9.80 Å². The molecule has 3 rings (SSSR count). The quantitative estimate of drug-likeness (QED) is 0.873. The maximum atomic E-state index is 12.6. The molecule has 0 spiro atoms. The minimum atomic E-state index is 0.141. The summed E-state index contributed by atoms with van der Waals surface area (Å²) in [5, 5.41) is 3.88. The summed E-state index contributed by atoms with van der Waals surface area (Å²) in [5.41, 5.74) is 1.98. The van der Waals surface area contributed by atoms with Crippen LogP contribution in [0.1, 0.15) is 34.8 Å². The van der Waals surface area contributed by atoms with E-state index in [1.807, 2.05) is 53.0 Å². The maximum absolute atomic E-state index is 12.6. The summed E-state index contributed by atoms with van der Waals surface area (Å²) in [6.45, 7) is 0.832. The van der Waals surface area contributed by atoms with Gasteiger partial charge in [0.15, 0.2) is 0 Å². The minimum Gasteiger partial charge on any atom is -0.363 e. The molecule has 1 aliphatic rings. The number of hydrogen-bond acceptors (Lipinski definition) is 4. The highest BCUT2D eigenvalue weighted by atomic mass is 32.1. The number of pyridine rings is 1. The van der Waals surface area contributed by atoms with Gasteiger partial charge in [-0.25, -0.2) is 4.98 Å². The Labute approximate surface area is 129 Å². The molecule has 2 aromatic heterocycles. The Morgan fingerprint density at radius 2 is 2.29 bits per heavy atom. The first-order chi connectivity index (χ1) is 10.2. The highest BCUT2D eigenvalue weighted by molar-refractivity contribution is 7.08. The molecular formula is C16H19N3OS. The Morgan fingerprint density at radius 3 is 3.00 bits per heavy atom. The van der Waals surface area contributed by atoms with E-state index < -0.39 is 0 Å². The van der Waals surface area contributed by atoms with Crippen molar-refractivity contribution >= 4 is 23.1 Å². The highest BCUT2D eigenvalue weighted by Gasteiger charge is 2.30. The molecule has 0 aliphatic carbocycles. The average Bonchev–Trinajstić information content (AvgIpc) is 3.18. The molecule has 0 aromatic carbocycles. The Hall–Kier alpha value is -1.88. The minimum absolute atomic E-state index is 0.141. The van der Waals surface area contributed by atoms with Crippen molar-refractivity contribution in [1.82, 2.24) is 9.88 Å². The molecule has 2 aromatic rings. The zero-order valence-electron chi connectivity index (χ0n) is 12.3. The standard InChI is InChI=1S/C16H19N3OS/c1-18(2)15-10-12(5-7-17-15)14-4-3-8-19(14)16(20)13-6-9-21-11-13/h5-7,9-11,14H,3-4,8H2,1-2H3/t14-/m1/s1. The van der Waals surface area contributed by atoms with E-state index in [1.165, 1.54) is 5.56 Å². The van der Waals surface area contributed by atoms with Gasteiger partial charge in [-0.2, -0.15) is 11.3 Å². The van der Waals surface area contributed by atoms with Crippen molar-refractivity contribution in [3.05, 3.63) is 46.3 Å². The third kappa shape index (κ3) is 2.78. The fraction of sp³-hybridized carbons (Fsp3) is 0.375. The van der Waals surface area contributed by atoms with Crippen molar-refractivity contribution in [3.8, 4) is 0 Å². The van der Waals surface area contributed by atoms with Crippen LogP contribution in [0.5, 0.6) is 0 Å². The second kappa shape index (κ2) is 5.85. The van der Waals surface area contributed by atoms with Crippen LogP contribution in [0.25, 0.3) is 0 Å². The summed E-state index contributed by atoms with van der Waals surface area (Å²) in [7, 11) is 3.96. The van der Waals surface area contributed by atoms with E-state index in [4.69, 9.17) is 0 Å². The van der Waals surface area contributed by atoms with E-state index in [1.54, 1.807) is 11.3 Å². The smallest absolute Gasteiger partial charge is 0.255 e. The lowest BCUT2D eigenvalue weighted by Crippen LogP contribution is -2.30. The van der Waals surface area contributed by atoms with Gasteiger partial charge in [-0.1, -0.05) is 0 Å². The molecule has 5 heteroatoms. The predicted molar refractivity (Wildman–Crippen MR) is 85.9 cm³/mol. The normalized spacial score (nSPS) is 18.0. The van der Waals surface area contributed by atoms with Gasteiger partial charge in [-0.15, -0.1) is 0 Å². The van der Waals surface area contributed by atoms with Crippen molar-refractivity contribution in [2.45, 2.75) is 18.9 Å². The Bertz CT molecular complexity index is 624. The molecule has 0 unspecified atom stereocenters. The van der Waals surface area contributed by atoms with Gasteiger partial charge in [0.05, 0.1) is 11.6 Å². The lowest BCUT2D eigenvalue weighted by atomic mass is 10.1. The number of amides is 1. The molecule has 21 heavy (non-hydrogen) atoms. The number of hydrogen-bond donors (Lipinski definition) is 0. The molecule has 4 nitrogen and oxygen atoms in total. The van der Waals surface area contributed by atoms with Gasteiger partial charge in [0, 0.05) is 32.2 Å². The third-order valence-corrected chi connectivity index (χ3v) is 4.58. The van der Waals surface area contributed by atoms with Crippen molar-refractivity contribution in [2.24, 2.45) is 0 Å². The number of anilines is 1. The Kier molecular flexibility index (Phi) is 3.92. The van der Waals surface area contributed by atoms with Crippen LogP contribution in [0.4, 0.5) is 5.82 Å². The highest BCUT2D eigenvalue weighted by Crippen LogP contribution is 2.34. The topological polar surface area (TPSA) is 36.4 Å². The molecule has 3 heterocycles. The second-order valence-corrected chi connectivity index (χ2v) is 6.29. The van der Waals surface area contributed by atoms with Gasteiger partial charge in [-0.05, 0) is 42.0 Å². The SMILES string of the molecule is CN(C)c1cc([C@H]2CCCN2C(=O)c2ccsc2)ccn1. The van der Waals surface area contributed by atoms with E-state index in [0.717, 1.165) is 30.8 Å². The van der Waals surface area contributed by atoms with Crippen LogP contribution < -0.4 is 4.90 Å². The number of thiophene rings is 1. The van der Waals surface area contributed by atoms with E-state index in [0.29, 0.717) is 0 Å². The summed E-state index contributed by atoms with van der Waals surface area (Å²) in [6, 6.07) is 6.18. The van der Waals surface area contributed by atoms with Crippen molar-refractivity contribution in [2.75, 3.05) is 25.5 Å². The van der Waals surface area contributed by atoms with Crippen LogP contribution in [0, 0.1) is 0 Å². The van der Waals surface area contributed by atoms with Crippen LogP contribution in [0.3, 0.4) is 0 Å². The number of carbonyl (C=O) groups is 1. The first kappa shape index (κ1) is 14.1. The van der Waals surface area contributed by atoms with Gasteiger partial charge in [0.2, 0.25) is 0 Å². The summed E-state index contributed by atoms with van der Waals surface area (Å²) < 4.78 is 0. The zero-order chi connectivity index (χ0) is 14.8. The first-order valence-electron chi connectivity index (χ1n) is 7.13. The summed E-state index contributed by atoms with van der Waals surface area (Å²) >= 11 is 1.57. The molecular weight excluding hydrogens is 282 g/mol. The van der Waals surface area contributed by atoms with E-state index in [2.05, 4.69) is 11.1 Å². The van der Waals surface area contributed by atoms with Crippen LogP contribution in [0.15, 0.2) is 35.2 Å². The fourth-order valence-corrected chi connectivity index (χ4v) is 3.42.